The summed E-state index contributed by atoms with van der Waals surface area (Å²) in [7, 11) is 0. The molecule has 1 aromatic heterocycles. The topological polar surface area (TPSA) is 58.3 Å². The van der Waals surface area contributed by atoms with E-state index in [0.717, 1.165) is 0 Å². The third-order valence-corrected chi connectivity index (χ3v) is 2.17. The van der Waals surface area contributed by atoms with Crippen molar-refractivity contribution >= 4 is 0 Å². The average Bonchev–Trinajstić information content (AvgIpc) is 2.70. The van der Waals surface area contributed by atoms with E-state index in [1.54, 1.807) is 47.4 Å². The van der Waals surface area contributed by atoms with Crippen molar-refractivity contribution in [1.82, 2.24) is 9.78 Å². The average molecular weight is 204 g/mol. The SMILES string of the molecule is Oc1cccc(C(O)Cn2cccn2)c1. The third kappa shape index (κ3) is 2.35. The Hall–Kier alpha value is -1.81. The van der Waals surface area contributed by atoms with Crippen molar-refractivity contribution in [3.8, 4) is 5.75 Å². The van der Waals surface area contributed by atoms with Crippen molar-refractivity contribution in [3.05, 3.63) is 48.3 Å². The molecule has 0 saturated heterocycles. The van der Waals surface area contributed by atoms with Gasteiger partial charge < -0.3 is 10.2 Å². The van der Waals surface area contributed by atoms with Crippen LogP contribution in [0.5, 0.6) is 5.75 Å². The molecule has 2 aromatic rings. The molecule has 2 N–H and O–H groups in total. The number of aromatic hydroxyl groups is 1. The van der Waals surface area contributed by atoms with E-state index in [-0.39, 0.29) is 5.75 Å². The highest BCUT2D eigenvalue weighted by Gasteiger charge is 2.08. The number of hydrogen-bond donors (Lipinski definition) is 2. The van der Waals surface area contributed by atoms with Crippen molar-refractivity contribution in [1.29, 1.82) is 0 Å². The van der Waals surface area contributed by atoms with Crippen LogP contribution in [0.4, 0.5) is 0 Å². The predicted octanol–water partition coefficient (Wildman–Crippen LogP) is 1.32. The number of phenolic OH excluding ortho intramolecular Hbond substituents is 1. The third-order valence-electron chi connectivity index (χ3n) is 2.17. The number of aliphatic hydroxyl groups is 1. The summed E-state index contributed by atoms with van der Waals surface area (Å²) in [5.41, 5.74) is 0.686. The fraction of sp³-hybridized carbons (Fsp3) is 0.182. The first-order chi connectivity index (χ1) is 7.25. The van der Waals surface area contributed by atoms with Gasteiger partial charge in [0.25, 0.3) is 0 Å². The molecule has 1 aromatic carbocycles. The minimum atomic E-state index is -0.656. The molecule has 0 aliphatic heterocycles. The number of rotatable bonds is 3. The highest BCUT2D eigenvalue weighted by Crippen LogP contribution is 2.19. The molecule has 15 heavy (non-hydrogen) atoms. The largest absolute Gasteiger partial charge is 0.508 e. The van der Waals surface area contributed by atoms with Crippen LogP contribution in [0, 0.1) is 0 Å². The summed E-state index contributed by atoms with van der Waals surface area (Å²) in [6.07, 6.45) is 2.79. The lowest BCUT2D eigenvalue weighted by Crippen LogP contribution is -2.08. The van der Waals surface area contributed by atoms with Crippen LogP contribution in [-0.4, -0.2) is 20.0 Å². The Balaban J connectivity index is 2.11. The Kier molecular flexibility index (Phi) is 2.69. The maximum absolute atomic E-state index is 9.84. The number of aliphatic hydroxyl groups excluding tert-OH is 1. The molecule has 0 aliphatic rings. The first-order valence-corrected chi connectivity index (χ1v) is 4.70. The van der Waals surface area contributed by atoms with Crippen LogP contribution in [-0.2, 0) is 6.54 Å². The number of phenols is 1. The molecular weight excluding hydrogens is 192 g/mol. The van der Waals surface area contributed by atoms with E-state index in [1.165, 1.54) is 0 Å². The molecule has 0 fully saturated rings. The van der Waals surface area contributed by atoms with Crippen LogP contribution >= 0.6 is 0 Å². The van der Waals surface area contributed by atoms with Gasteiger partial charge in [-0.1, -0.05) is 12.1 Å². The minimum Gasteiger partial charge on any atom is -0.508 e. The molecule has 1 heterocycles. The molecule has 2 rings (SSSR count). The molecule has 78 valence electrons. The fourth-order valence-electron chi connectivity index (χ4n) is 1.42. The normalized spacial score (nSPS) is 12.6. The van der Waals surface area contributed by atoms with Gasteiger partial charge in [-0.2, -0.15) is 5.10 Å². The van der Waals surface area contributed by atoms with Crippen LogP contribution in [0.1, 0.15) is 11.7 Å². The number of nitrogens with zero attached hydrogens (tertiary/aromatic N) is 2. The summed E-state index contributed by atoms with van der Waals surface area (Å²) >= 11 is 0. The smallest absolute Gasteiger partial charge is 0.115 e. The summed E-state index contributed by atoms with van der Waals surface area (Å²) in [5, 5.41) is 23.1. The van der Waals surface area contributed by atoms with Gasteiger partial charge in [0.2, 0.25) is 0 Å². The van der Waals surface area contributed by atoms with Gasteiger partial charge in [-0.3, -0.25) is 4.68 Å². The van der Waals surface area contributed by atoms with E-state index in [2.05, 4.69) is 5.10 Å². The standard InChI is InChI=1S/C11H12N2O2/c14-10-4-1-3-9(7-10)11(15)8-13-6-2-5-12-13/h1-7,11,14-15H,8H2. The van der Waals surface area contributed by atoms with Crippen LogP contribution in [0.2, 0.25) is 0 Å². The minimum absolute atomic E-state index is 0.159. The van der Waals surface area contributed by atoms with Gasteiger partial charge in [-0.15, -0.1) is 0 Å². The first-order valence-electron chi connectivity index (χ1n) is 4.70. The summed E-state index contributed by atoms with van der Waals surface area (Å²) in [6.45, 7) is 0.385. The molecule has 0 saturated carbocycles. The fourth-order valence-corrected chi connectivity index (χ4v) is 1.42. The lowest BCUT2D eigenvalue weighted by molar-refractivity contribution is 0.151. The highest BCUT2D eigenvalue weighted by atomic mass is 16.3. The van der Waals surface area contributed by atoms with Gasteiger partial charge in [-0.05, 0) is 23.8 Å². The van der Waals surface area contributed by atoms with Gasteiger partial charge in [-0.25, -0.2) is 0 Å². The van der Waals surface area contributed by atoms with Crippen molar-refractivity contribution < 1.29 is 10.2 Å². The van der Waals surface area contributed by atoms with E-state index in [1.807, 2.05) is 0 Å². The Bertz CT molecular complexity index is 426. The lowest BCUT2D eigenvalue weighted by Gasteiger charge is -2.11. The summed E-state index contributed by atoms with van der Waals surface area (Å²) < 4.78 is 1.65. The molecule has 0 radical (unpaired) electrons. The van der Waals surface area contributed by atoms with Gasteiger partial charge in [0.1, 0.15) is 5.75 Å². The maximum Gasteiger partial charge on any atom is 0.115 e. The Labute approximate surface area is 87.4 Å². The van der Waals surface area contributed by atoms with Crippen molar-refractivity contribution in [2.45, 2.75) is 12.6 Å². The van der Waals surface area contributed by atoms with Crippen molar-refractivity contribution in [2.24, 2.45) is 0 Å². The van der Waals surface area contributed by atoms with Crippen LogP contribution < -0.4 is 0 Å². The van der Waals surface area contributed by atoms with Gasteiger partial charge in [0.05, 0.1) is 12.6 Å². The van der Waals surface area contributed by atoms with Crippen LogP contribution in [0.3, 0.4) is 0 Å². The molecule has 0 bridgehead atoms. The van der Waals surface area contributed by atoms with Crippen LogP contribution in [0.25, 0.3) is 0 Å². The monoisotopic (exact) mass is 204 g/mol. The molecule has 1 atom stereocenters. The number of benzene rings is 1. The second-order valence-corrected chi connectivity index (χ2v) is 3.34. The molecule has 0 aliphatic carbocycles. The molecule has 0 amide bonds. The summed E-state index contributed by atoms with van der Waals surface area (Å²) in [4.78, 5) is 0. The summed E-state index contributed by atoms with van der Waals surface area (Å²) in [6, 6.07) is 8.40. The van der Waals surface area contributed by atoms with Crippen LogP contribution in [0.15, 0.2) is 42.7 Å². The Morgan fingerprint density at radius 1 is 1.33 bits per heavy atom. The molecule has 1 unspecified atom stereocenters. The predicted molar refractivity (Wildman–Crippen MR) is 55.3 cm³/mol. The van der Waals surface area contributed by atoms with E-state index in [4.69, 9.17) is 0 Å². The quantitative estimate of drug-likeness (QED) is 0.792. The number of aromatic nitrogens is 2. The van der Waals surface area contributed by atoms with E-state index >= 15 is 0 Å². The van der Waals surface area contributed by atoms with E-state index in [9.17, 15) is 10.2 Å². The molecule has 0 spiro atoms. The summed E-state index contributed by atoms with van der Waals surface area (Å²) in [5.74, 6) is 0.159. The zero-order valence-corrected chi connectivity index (χ0v) is 8.11. The zero-order valence-electron chi connectivity index (χ0n) is 8.11. The molecule has 4 heteroatoms. The van der Waals surface area contributed by atoms with E-state index < -0.39 is 6.10 Å². The Morgan fingerprint density at radius 2 is 2.20 bits per heavy atom. The first kappa shape index (κ1) is 9.73. The molecular formula is C11H12N2O2. The maximum atomic E-state index is 9.84. The molecule has 4 nitrogen and oxygen atoms in total. The zero-order chi connectivity index (χ0) is 10.7. The van der Waals surface area contributed by atoms with Crippen molar-refractivity contribution in [2.75, 3.05) is 0 Å². The van der Waals surface area contributed by atoms with Gasteiger partial charge in [0, 0.05) is 12.4 Å². The number of hydrogen-bond acceptors (Lipinski definition) is 3. The second-order valence-electron chi connectivity index (χ2n) is 3.34. The highest BCUT2D eigenvalue weighted by molar-refractivity contribution is 5.28. The Morgan fingerprint density at radius 3 is 2.87 bits per heavy atom. The van der Waals surface area contributed by atoms with Gasteiger partial charge >= 0.3 is 0 Å². The lowest BCUT2D eigenvalue weighted by atomic mass is 10.1. The van der Waals surface area contributed by atoms with Crippen molar-refractivity contribution in [3.63, 3.8) is 0 Å². The van der Waals surface area contributed by atoms with Gasteiger partial charge in [0.15, 0.2) is 0 Å². The van der Waals surface area contributed by atoms with E-state index in [0.29, 0.717) is 12.1 Å². The second kappa shape index (κ2) is 4.14.